The lowest BCUT2D eigenvalue weighted by atomic mass is 9.87. The molecule has 0 bridgehead atoms. The van der Waals surface area contributed by atoms with Gasteiger partial charge in [0.25, 0.3) is 0 Å². The number of pyridine rings is 1. The van der Waals surface area contributed by atoms with Gasteiger partial charge in [-0.3, -0.25) is 9.59 Å². The molecule has 0 aliphatic carbocycles. The molecule has 1 heterocycles. The smallest absolute Gasteiger partial charge is 0.248 e. The van der Waals surface area contributed by atoms with Crippen LogP contribution in [-0.2, 0) is 16.8 Å². The third kappa shape index (κ3) is 5.57. The number of benzene rings is 1. The van der Waals surface area contributed by atoms with Gasteiger partial charge in [-0.1, -0.05) is 32.9 Å². The minimum atomic E-state index is -0.146. The SMILES string of the molecule is Cc1cc(CNC(=O)CSc2ccc(C(C)(C)C)cc2)cc(=O)[nH]1. The maximum Gasteiger partial charge on any atom is 0.248 e. The van der Waals surface area contributed by atoms with E-state index in [9.17, 15) is 9.59 Å². The van der Waals surface area contributed by atoms with Crippen molar-refractivity contribution in [3.8, 4) is 0 Å². The molecule has 5 heteroatoms. The molecule has 0 unspecified atom stereocenters. The topological polar surface area (TPSA) is 62.0 Å². The summed E-state index contributed by atoms with van der Waals surface area (Å²) in [4.78, 5) is 27.1. The van der Waals surface area contributed by atoms with Gasteiger partial charge in [0.15, 0.2) is 0 Å². The summed E-state index contributed by atoms with van der Waals surface area (Å²) in [5.74, 6) is 0.314. The Hall–Kier alpha value is -2.01. The molecule has 24 heavy (non-hydrogen) atoms. The highest BCUT2D eigenvalue weighted by Gasteiger charge is 2.13. The largest absolute Gasteiger partial charge is 0.351 e. The second-order valence-electron chi connectivity index (χ2n) is 6.88. The van der Waals surface area contributed by atoms with E-state index in [4.69, 9.17) is 0 Å². The van der Waals surface area contributed by atoms with Crippen molar-refractivity contribution >= 4 is 17.7 Å². The maximum atomic E-state index is 12.0. The fourth-order valence-corrected chi connectivity index (χ4v) is 3.04. The Morgan fingerprint density at radius 2 is 1.83 bits per heavy atom. The minimum Gasteiger partial charge on any atom is -0.351 e. The fraction of sp³-hybridized carbons (Fsp3) is 0.368. The minimum absolute atomic E-state index is 0.0437. The van der Waals surface area contributed by atoms with Gasteiger partial charge in [-0.2, -0.15) is 0 Å². The van der Waals surface area contributed by atoms with Crippen molar-refractivity contribution in [3.05, 3.63) is 63.6 Å². The first-order valence-electron chi connectivity index (χ1n) is 7.94. The highest BCUT2D eigenvalue weighted by atomic mass is 32.2. The van der Waals surface area contributed by atoms with E-state index in [2.05, 4.69) is 55.3 Å². The summed E-state index contributed by atoms with van der Waals surface area (Å²) in [6.07, 6.45) is 0. The number of aromatic nitrogens is 1. The van der Waals surface area contributed by atoms with Crippen LogP contribution in [0.5, 0.6) is 0 Å². The van der Waals surface area contributed by atoms with Crippen LogP contribution in [0.15, 0.2) is 46.1 Å². The number of aromatic amines is 1. The predicted octanol–water partition coefficient (Wildman–Crippen LogP) is 3.39. The fourth-order valence-electron chi connectivity index (χ4n) is 2.31. The van der Waals surface area contributed by atoms with Gasteiger partial charge < -0.3 is 10.3 Å². The number of hydrogen-bond donors (Lipinski definition) is 2. The number of rotatable bonds is 5. The summed E-state index contributed by atoms with van der Waals surface area (Å²) in [6.45, 7) is 8.73. The Labute approximate surface area is 147 Å². The zero-order valence-electron chi connectivity index (χ0n) is 14.6. The number of hydrogen-bond acceptors (Lipinski definition) is 3. The third-order valence-corrected chi connectivity index (χ3v) is 4.63. The zero-order chi connectivity index (χ0) is 17.7. The number of carbonyl (C=O) groups is 1. The molecule has 2 rings (SSSR count). The molecule has 2 aromatic rings. The second-order valence-corrected chi connectivity index (χ2v) is 7.92. The summed E-state index contributed by atoms with van der Waals surface area (Å²) in [6, 6.07) is 11.7. The van der Waals surface area contributed by atoms with Crippen LogP contribution in [0.1, 0.15) is 37.6 Å². The first kappa shape index (κ1) is 18.3. The number of aryl methyl sites for hydroxylation is 1. The van der Waals surface area contributed by atoms with Crippen molar-refractivity contribution in [2.45, 2.75) is 44.6 Å². The predicted molar refractivity (Wildman–Crippen MR) is 99.5 cm³/mol. The first-order chi connectivity index (χ1) is 11.2. The van der Waals surface area contributed by atoms with Crippen LogP contribution in [-0.4, -0.2) is 16.6 Å². The van der Waals surface area contributed by atoms with Gasteiger partial charge in [-0.05, 0) is 41.7 Å². The van der Waals surface area contributed by atoms with Gasteiger partial charge in [0.1, 0.15) is 0 Å². The van der Waals surface area contributed by atoms with Crippen molar-refractivity contribution in [1.29, 1.82) is 0 Å². The van der Waals surface area contributed by atoms with Gasteiger partial charge in [-0.15, -0.1) is 11.8 Å². The molecule has 0 aliphatic rings. The standard InChI is InChI=1S/C19H24N2O2S/c1-13-9-14(10-17(22)21-13)11-20-18(23)12-24-16-7-5-15(6-8-16)19(2,3)4/h5-10H,11-12H2,1-4H3,(H,20,23)(H,21,22). The molecule has 128 valence electrons. The van der Waals surface area contributed by atoms with E-state index in [1.165, 1.54) is 23.4 Å². The van der Waals surface area contributed by atoms with Crippen LogP contribution < -0.4 is 10.9 Å². The molecule has 0 aliphatic heterocycles. The summed E-state index contributed by atoms with van der Waals surface area (Å²) in [5, 5.41) is 2.85. The van der Waals surface area contributed by atoms with Gasteiger partial charge in [0, 0.05) is 23.2 Å². The average Bonchev–Trinajstić information content (AvgIpc) is 2.49. The zero-order valence-corrected chi connectivity index (χ0v) is 15.4. The summed E-state index contributed by atoms with van der Waals surface area (Å²) in [5.41, 5.74) is 2.87. The molecular weight excluding hydrogens is 320 g/mol. The Bertz CT molecular complexity index is 758. The van der Waals surface area contributed by atoms with E-state index in [1.54, 1.807) is 0 Å². The molecule has 0 saturated heterocycles. The lowest BCUT2D eigenvalue weighted by Gasteiger charge is -2.19. The van der Waals surface area contributed by atoms with Crippen molar-refractivity contribution in [1.82, 2.24) is 10.3 Å². The van der Waals surface area contributed by atoms with Crippen molar-refractivity contribution in [3.63, 3.8) is 0 Å². The molecule has 1 aromatic heterocycles. The summed E-state index contributed by atoms with van der Waals surface area (Å²) < 4.78 is 0. The molecule has 0 radical (unpaired) electrons. The number of nitrogens with one attached hydrogen (secondary N) is 2. The summed E-state index contributed by atoms with van der Waals surface area (Å²) in [7, 11) is 0. The molecule has 0 atom stereocenters. The van der Waals surface area contributed by atoms with Crippen LogP contribution in [0.3, 0.4) is 0 Å². The molecule has 0 saturated carbocycles. The van der Waals surface area contributed by atoms with Crippen LogP contribution in [0.25, 0.3) is 0 Å². The molecule has 1 aromatic carbocycles. The molecule has 4 nitrogen and oxygen atoms in total. The van der Waals surface area contributed by atoms with Crippen molar-refractivity contribution < 1.29 is 4.79 Å². The van der Waals surface area contributed by atoms with Crippen LogP contribution in [0, 0.1) is 6.92 Å². The lowest BCUT2D eigenvalue weighted by molar-refractivity contribution is -0.118. The van der Waals surface area contributed by atoms with Gasteiger partial charge >= 0.3 is 0 Å². The highest BCUT2D eigenvalue weighted by Crippen LogP contribution is 2.25. The molecule has 2 N–H and O–H groups in total. The number of thioether (sulfide) groups is 1. The van der Waals surface area contributed by atoms with Crippen molar-refractivity contribution in [2.24, 2.45) is 0 Å². The van der Waals surface area contributed by atoms with Crippen LogP contribution >= 0.6 is 11.8 Å². The highest BCUT2D eigenvalue weighted by molar-refractivity contribution is 8.00. The lowest BCUT2D eigenvalue weighted by Crippen LogP contribution is -2.25. The number of amides is 1. The molecule has 0 spiro atoms. The molecular formula is C19H24N2O2S. The van der Waals surface area contributed by atoms with E-state index >= 15 is 0 Å². The van der Waals surface area contributed by atoms with Gasteiger partial charge in [0.2, 0.25) is 11.5 Å². The normalized spacial score (nSPS) is 11.3. The van der Waals surface area contributed by atoms with E-state index in [-0.39, 0.29) is 16.9 Å². The Morgan fingerprint density at radius 3 is 2.42 bits per heavy atom. The number of H-pyrrole nitrogens is 1. The Morgan fingerprint density at radius 1 is 1.17 bits per heavy atom. The van der Waals surface area contributed by atoms with Gasteiger partial charge in [0.05, 0.1) is 5.75 Å². The Kier molecular flexibility index (Phi) is 5.89. The Balaban J connectivity index is 1.84. The monoisotopic (exact) mass is 344 g/mol. The quantitative estimate of drug-likeness (QED) is 0.817. The summed E-state index contributed by atoms with van der Waals surface area (Å²) >= 11 is 1.51. The van der Waals surface area contributed by atoms with Crippen molar-refractivity contribution in [2.75, 3.05) is 5.75 Å². The van der Waals surface area contributed by atoms with Gasteiger partial charge in [-0.25, -0.2) is 0 Å². The van der Waals surface area contributed by atoms with Crippen LogP contribution in [0.2, 0.25) is 0 Å². The van der Waals surface area contributed by atoms with E-state index in [0.717, 1.165) is 16.2 Å². The molecule has 1 amide bonds. The molecule has 0 fully saturated rings. The van der Waals surface area contributed by atoms with E-state index < -0.39 is 0 Å². The third-order valence-electron chi connectivity index (χ3n) is 3.62. The first-order valence-corrected chi connectivity index (χ1v) is 8.92. The number of carbonyl (C=O) groups excluding carboxylic acids is 1. The second kappa shape index (κ2) is 7.71. The van der Waals surface area contributed by atoms with Crippen LogP contribution in [0.4, 0.5) is 0 Å². The van der Waals surface area contributed by atoms with E-state index in [0.29, 0.717) is 12.3 Å². The van der Waals surface area contributed by atoms with E-state index in [1.807, 2.05) is 13.0 Å². The average molecular weight is 344 g/mol. The maximum absolute atomic E-state index is 12.0.